The summed E-state index contributed by atoms with van der Waals surface area (Å²) in [6.45, 7) is 8.66. The molecule has 2 saturated heterocycles. The van der Waals surface area contributed by atoms with Gasteiger partial charge in [-0.1, -0.05) is 159 Å². The molecule has 638 valence electrons. The van der Waals surface area contributed by atoms with Crippen LogP contribution in [0.5, 0.6) is 0 Å². The van der Waals surface area contributed by atoms with Crippen LogP contribution in [0.2, 0.25) is 0 Å². The molecule has 6 aliphatic rings. The van der Waals surface area contributed by atoms with Crippen molar-refractivity contribution in [2.24, 2.45) is 23.7 Å². The first-order valence-corrected chi connectivity index (χ1v) is 48.7. The van der Waals surface area contributed by atoms with Gasteiger partial charge in [-0.3, -0.25) is 4.98 Å². The number of pyridine rings is 1. The molecule has 4 saturated carbocycles. The molecule has 0 radical (unpaired) electrons. The number of nitrogens with zero attached hydrogens (tertiary/aromatic N) is 19. The van der Waals surface area contributed by atoms with Gasteiger partial charge in [-0.2, -0.15) is 18.7 Å². The van der Waals surface area contributed by atoms with E-state index in [4.69, 9.17) is 5.11 Å². The van der Waals surface area contributed by atoms with Crippen LogP contribution in [0.15, 0.2) is 129 Å². The second kappa shape index (κ2) is 40.2. The lowest BCUT2D eigenvalue weighted by Crippen LogP contribution is -2.28. The molecule has 34 nitrogen and oxygen atoms in total. The molecule has 2 aliphatic heterocycles. The minimum Gasteiger partial charge on any atom is -0.394 e. The molecule has 2 atom stereocenters. The standard InChI is InChI=1S/C22H32N6O2S.C20H30N6O4S2.C20H24N6O2S.C17H25N5O3S/c1-16(2)27-12-11-19(15-27)28-25-22(24-26-28)21-14-20(31(29,30)23-3)10-9-18(21)13-17-7-5-4-6-8-17;1-21-32(29,30)18-9-8-16(12-15-6-4-3-5-7-15)19(13-18)20-22-24-26(23-20)17-10-11-25(14-17)31(2,27)28;1-21-29(27,28)18-10-9-16(12-15-6-3-2-4-7-15)19(13-18)20-23-25-26(24-20)17-8-5-11-22-14-17;1-18-26(24,25)15-8-7-14(11-13-5-3-2-4-6-13)16(12-15)17-19-21-22(20-17)9-10-23/h9-10,14,17,19,23H,1,4-8,11-13,15H2,2-3H3;8-9,13,15,17,21H,3-7,10-12,14H2,1-2H3;5,8-11,13-15,21H,2-4,6-7,12H2,1H3;7-8,12-13,18,23H,2-6,9-11H2,1H3. The molecule has 9 aromatic rings. The van der Waals surface area contributed by atoms with E-state index in [1.54, 1.807) is 71.8 Å². The molecule has 5 N–H and O–H groups in total. The van der Waals surface area contributed by atoms with E-state index in [1.807, 2.05) is 37.3 Å². The Hall–Kier alpha value is -8.64. The molecule has 4 aromatic carbocycles. The van der Waals surface area contributed by atoms with Gasteiger partial charge in [-0.15, -0.1) is 45.6 Å². The number of aromatic nitrogens is 17. The molecule has 0 amide bonds. The highest BCUT2D eigenvalue weighted by Gasteiger charge is 2.34. The molecular weight excluding hydrogens is 1610 g/mol. The maximum atomic E-state index is 12.4. The van der Waals surface area contributed by atoms with E-state index in [-0.39, 0.29) is 44.8 Å². The van der Waals surface area contributed by atoms with Gasteiger partial charge in [-0.25, -0.2) is 61.0 Å². The third-order valence-corrected chi connectivity index (χ3v) is 30.3. The average Bonchev–Trinajstić information content (AvgIpc) is 1.55. The summed E-state index contributed by atoms with van der Waals surface area (Å²) in [6, 6.07) is 24.3. The summed E-state index contributed by atoms with van der Waals surface area (Å²) in [4.78, 5) is 12.9. The van der Waals surface area contributed by atoms with Crippen molar-refractivity contribution in [2.45, 2.75) is 212 Å². The molecule has 0 spiro atoms. The Morgan fingerprint density at radius 1 is 0.441 bits per heavy atom. The lowest BCUT2D eigenvalue weighted by molar-refractivity contribution is 0.259. The maximum Gasteiger partial charge on any atom is 0.240 e. The van der Waals surface area contributed by atoms with Crippen molar-refractivity contribution in [2.75, 3.05) is 67.2 Å². The highest BCUT2D eigenvalue weighted by molar-refractivity contribution is 7.90. The molecule has 7 heterocycles. The maximum absolute atomic E-state index is 12.4. The number of aliphatic hydroxyl groups is 1. The van der Waals surface area contributed by atoms with Gasteiger partial charge in [0, 0.05) is 60.3 Å². The first kappa shape index (κ1) is 88.6. The summed E-state index contributed by atoms with van der Waals surface area (Å²) >= 11 is 0. The van der Waals surface area contributed by atoms with E-state index in [0.29, 0.717) is 88.9 Å². The van der Waals surface area contributed by atoms with Gasteiger partial charge >= 0.3 is 0 Å². The number of rotatable bonds is 27. The fourth-order valence-electron chi connectivity index (χ4n) is 16.6. The molecule has 4 aliphatic carbocycles. The molecule has 15 rings (SSSR count). The van der Waals surface area contributed by atoms with E-state index in [9.17, 15) is 42.1 Å². The average molecular weight is 1720 g/mol. The smallest absolute Gasteiger partial charge is 0.240 e. The summed E-state index contributed by atoms with van der Waals surface area (Å²) in [5.41, 5.74) is 8.76. The number of likely N-dealkylation sites (tertiary alicyclic amines) is 1. The molecule has 6 fully saturated rings. The zero-order valence-electron chi connectivity index (χ0n) is 68.1. The predicted molar refractivity (Wildman–Crippen MR) is 445 cm³/mol. The topological polar surface area (TPSA) is 433 Å². The lowest BCUT2D eigenvalue weighted by Gasteiger charge is -2.22. The highest BCUT2D eigenvalue weighted by atomic mass is 32.2. The summed E-state index contributed by atoms with van der Waals surface area (Å²) in [7, 11) is -12.0. The summed E-state index contributed by atoms with van der Waals surface area (Å²) < 4.78 is 133. The van der Waals surface area contributed by atoms with E-state index >= 15 is 0 Å². The Morgan fingerprint density at radius 3 is 1.14 bits per heavy atom. The lowest BCUT2D eigenvalue weighted by atomic mass is 9.84. The van der Waals surface area contributed by atoms with Gasteiger partial charge < -0.3 is 10.0 Å². The van der Waals surface area contributed by atoms with Crippen molar-refractivity contribution >= 4 is 50.1 Å². The minimum atomic E-state index is -3.62. The van der Waals surface area contributed by atoms with Crippen LogP contribution in [-0.2, 0) is 82.3 Å². The minimum absolute atomic E-state index is 0.0844. The van der Waals surface area contributed by atoms with Crippen LogP contribution in [0.1, 0.15) is 183 Å². The van der Waals surface area contributed by atoms with Crippen LogP contribution in [0.4, 0.5) is 0 Å². The first-order valence-electron chi connectivity index (χ1n) is 41.0. The van der Waals surface area contributed by atoms with Crippen molar-refractivity contribution < 1.29 is 47.2 Å². The number of nitrogens with one attached hydrogen (secondary N) is 4. The summed E-state index contributed by atoms with van der Waals surface area (Å²) in [5, 5.41) is 60.4. The number of hydrogen-bond donors (Lipinski definition) is 5. The summed E-state index contributed by atoms with van der Waals surface area (Å²) in [6.07, 6.45) is 34.3. The van der Waals surface area contributed by atoms with Gasteiger partial charge in [0.25, 0.3) is 0 Å². The van der Waals surface area contributed by atoms with Crippen LogP contribution in [0.3, 0.4) is 0 Å². The van der Waals surface area contributed by atoms with Gasteiger partial charge in [-0.05, 0) is 201 Å². The zero-order valence-corrected chi connectivity index (χ0v) is 72.2. The SMILES string of the molecule is C=C(C)N1CCC(n2nnc(-c3cc(S(=O)(=O)NC)ccc3CC3CCCCC3)n2)C1.CNS(=O)(=O)c1ccc(CC2CCCCC2)c(-c2nnn(-c3cccnc3)n2)c1.CNS(=O)(=O)c1ccc(CC2CCCCC2)c(-c2nnn(C3CCN(S(C)(=O)=O)C3)n2)c1.CNS(=O)(=O)c1ccc(CC2CCCCC2)c(-c2nnn(CCO)n2)c1. The van der Waals surface area contributed by atoms with Crippen LogP contribution in [-0.4, -0.2) is 209 Å². The number of sulfonamides is 5. The Morgan fingerprint density at radius 2 is 0.797 bits per heavy atom. The number of tetrazole rings is 4. The Bertz CT molecular complexity index is 5470. The Balaban J connectivity index is 0.000000145. The van der Waals surface area contributed by atoms with E-state index < -0.39 is 50.1 Å². The van der Waals surface area contributed by atoms with Gasteiger partial charge in [0.1, 0.15) is 5.69 Å². The number of aliphatic hydroxyl groups excluding tert-OH is 1. The molecule has 0 bridgehead atoms. The molecule has 2 unspecified atom stereocenters. The van der Waals surface area contributed by atoms with E-state index in [1.165, 1.54) is 182 Å². The zero-order chi connectivity index (χ0) is 83.8. The largest absolute Gasteiger partial charge is 0.394 e. The first-order chi connectivity index (χ1) is 56.6. The Kier molecular flexibility index (Phi) is 30.2. The van der Waals surface area contributed by atoms with Crippen molar-refractivity contribution in [3.8, 4) is 51.2 Å². The van der Waals surface area contributed by atoms with Crippen LogP contribution in [0, 0.1) is 23.7 Å². The van der Waals surface area contributed by atoms with Gasteiger partial charge in [0.05, 0.1) is 57.3 Å². The third-order valence-electron chi connectivity index (χ3n) is 23.4. The number of allylic oxidation sites excluding steroid dienone is 1. The second-order valence-electron chi connectivity index (χ2n) is 31.5. The van der Waals surface area contributed by atoms with Crippen LogP contribution in [0.25, 0.3) is 51.2 Å². The predicted octanol–water partition coefficient (Wildman–Crippen LogP) is 8.85. The van der Waals surface area contributed by atoms with Crippen LogP contribution < -0.4 is 18.9 Å². The van der Waals surface area contributed by atoms with Crippen molar-refractivity contribution in [1.29, 1.82) is 0 Å². The second-order valence-corrected chi connectivity index (χ2v) is 41.1. The fourth-order valence-corrected chi connectivity index (χ4v) is 20.5. The monoisotopic (exact) mass is 1720 g/mol. The highest BCUT2D eigenvalue weighted by Crippen LogP contribution is 2.38. The van der Waals surface area contributed by atoms with Crippen LogP contribution >= 0.6 is 0 Å². The van der Waals surface area contributed by atoms with E-state index in [0.717, 1.165) is 78.7 Å². The van der Waals surface area contributed by atoms with E-state index in [2.05, 4.69) is 97.0 Å². The molecule has 39 heteroatoms. The van der Waals surface area contributed by atoms with Crippen molar-refractivity contribution in [3.05, 3.63) is 132 Å². The van der Waals surface area contributed by atoms with Crippen molar-refractivity contribution in [3.63, 3.8) is 0 Å². The molecule has 5 aromatic heterocycles. The van der Waals surface area contributed by atoms with Gasteiger partial charge in [0.15, 0.2) is 0 Å². The summed E-state index contributed by atoms with van der Waals surface area (Å²) in [5.74, 6) is 4.03. The molecular formula is C79H111N23O11S5. The quantitative estimate of drug-likeness (QED) is 0.0321. The number of hydrogen-bond acceptors (Lipinski definition) is 25. The van der Waals surface area contributed by atoms with Crippen molar-refractivity contribution in [1.82, 2.24) is 114 Å². The Labute approximate surface area is 692 Å². The van der Waals surface area contributed by atoms with Gasteiger partial charge in [0.2, 0.25) is 73.4 Å². The molecule has 118 heavy (non-hydrogen) atoms. The number of benzene rings is 4. The third kappa shape index (κ3) is 22.9. The normalized spacial score (nSPS) is 18.4. The fraction of sp³-hybridized carbons (Fsp3) is 0.557.